The average Bonchev–Trinajstić information content (AvgIpc) is 2.26. The Morgan fingerprint density at radius 3 is 2.80 bits per heavy atom. The Morgan fingerprint density at radius 2 is 2.10 bits per heavy atom. The van der Waals surface area contributed by atoms with Crippen LogP contribution in [0.5, 0.6) is 0 Å². The second-order valence-electron chi connectivity index (χ2n) is 3.94. The van der Waals surface area contributed by atoms with Crippen LogP contribution in [-0.2, 0) is 0 Å². The number of hydrogen-bond acceptors (Lipinski definition) is 0. The highest BCUT2D eigenvalue weighted by molar-refractivity contribution is 9.09. The van der Waals surface area contributed by atoms with Crippen molar-refractivity contribution in [3.8, 4) is 0 Å². The summed E-state index contributed by atoms with van der Waals surface area (Å²) in [6.07, 6.45) is 7.64. The van der Waals surface area contributed by atoms with Crippen molar-refractivity contribution in [1.29, 1.82) is 0 Å². The van der Waals surface area contributed by atoms with Gasteiger partial charge in [-0.25, -0.2) is 0 Å². The fourth-order valence-corrected chi connectivity index (χ4v) is 3.58. The Morgan fingerprint density at radius 1 is 1.20 bits per heavy atom. The molecule has 2 aliphatic rings. The molecule has 2 rings (SSSR count). The van der Waals surface area contributed by atoms with Gasteiger partial charge in [0.25, 0.3) is 0 Å². The molecule has 0 aromatic carbocycles. The van der Waals surface area contributed by atoms with Gasteiger partial charge in [0.2, 0.25) is 0 Å². The largest absolute Gasteiger partial charge is 0.0925 e. The Bertz CT molecular complexity index is 122. The van der Waals surface area contributed by atoms with Gasteiger partial charge in [0.1, 0.15) is 0 Å². The monoisotopic (exact) mass is 202 g/mol. The molecule has 0 aliphatic heterocycles. The summed E-state index contributed by atoms with van der Waals surface area (Å²) in [5.41, 5.74) is 0. The molecule has 0 nitrogen and oxygen atoms in total. The minimum absolute atomic E-state index is 1.03. The molecule has 2 aliphatic carbocycles. The van der Waals surface area contributed by atoms with E-state index in [4.69, 9.17) is 0 Å². The third kappa shape index (κ3) is 1.13. The van der Waals surface area contributed by atoms with Crippen LogP contribution in [0.2, 0.25) is 0 Å². The molecule has 2 fully saturated rings. The lowest BCUT2D eigenvalue weighted by Crippen LogP contribution is -2.09. The van der Waals surface area contributed by atoms with E-state index >= 15 is 0 Å². The van der Waals surface area contributed by atoms with Crippen LogP contribution in [0.1, 0.15) is 32.1 Å². The Balaban J connectivity index is 2.01. The minimum Gasteiger partial charge on any atom is -0.0925 e. The number of hydrogen-bond donors (Lipinski definition) is 0. The van der Waals surface area contributed by atoms with Crippen LogP contribution < -0.4 is 0 Å². The number of fused-ring (bicyclic) bond motifs is 2. The molecule has 3 atom stereocenters. The van der Waals surface area contributed by atoms with E-state index in [1.54, 1.807) is 6.42 Å². The van der Waals surface area contributed by atoms with Gasteiger partial charge in [0.15, 0.2) is 0 Å². The molecular formula is C9H15Br. The minimum atomic E-state index is 1.03. The molecule has 58 valence electrons. The van der Waals surface area contributed by atoms with Crippen molar-refractivity contribution in [3.63, 3.8) is 0 Å². The molecule has 0 spiro atoms. The van der Waals surface area contributed by atoms with Gasteiger partial charge in [-0.2, -0.15) is 0 Å². The van der Waals surface area contributed by atoms with Crippen LogP contribution in [0.25, 0.3) is 0 Å². The van der Waals surface area contributed by atoms with Gasteiger partial charge in [-0.1, -0.05) is 35.2 Å². The normalized spacial score (nSPS) is 45.9. The number of halogens is 1. The number of rotatable bonds is 1. The Kier molecular flexibility index (Phi) is 2.03. The molecule has 0 heterocycles. The molecule has 1 heteroatoms. The summed E-state index contributed by atoms with van der Waals surface area (Å²) >= 11 is 3.61. The Labute approximate surface area is 71.5 Å². The molecule has 10 heavy (non-hydrogen) atoms. The first-order chi connectivity index (χ1) is 4.90. The van der Waals surface area contributed by atoms with E-state index < -0.39 is 0 Å². The SMILES string of the molecule is BrCC1CC2CCCC1C2. The molecule has 0 aromatic rings. The molecule has 0 radical (unpaired) electrons. The van der Waals surface area contributed by atoms with E-state index in [-0.39, 0.29) is 0 Å². The van der Waals surface area contributed by atoms with Crippen molar-refractivity contribution in [2.24, 2.45) is 17.8 Å². The smallest absolute Gasteiger partial charge is 0.00624 e. The summed E-state index contributed by atoms with van der Waals surface area (Å²) in [6.45, 7) is 0. The molecule has 2 saturated carbocycles. The highest BCUT2D eigenvalue weighted by Gasteiger charge is 2.35. The lowest BCUT2D eigenvalue weighted by Gasteiger charge is -2.19. The Hall–Kier alpha value is 0.480. The van der Waals surface area contributed by atoms with Gasteiger partial charge >= 0.3 is 0 Å². The van der Waals surface area contributed by atoms with Crippen LogP contribution in [0.3, 0.4) is 0 Å². The van der Waals surface area contributed by atoms with Crippen LogP contribution in [0.4, 0.5) is 0 Å². The zero-order chi connectivity index (χ0) is 6.97. The molecule has 3 unspecified atom stereocenters. The number of alkyl halides is 1. The maximum absolute atomic E-state index is 3.61. The summed E-state index contributed by atoms with van der Waals surface area (Å²) in [5.74, 6) is 3.24. The topological polar surface area (TPSA) is 0 Å². The third-order valence-corrected chi connectivity index (χ3v) is 4.16. The van der Waals surface area contributed by atoms with Crippen molar-refractivity contribution < 1.29 is 0 Å². The van der Waals surface area contributed by atoms with Crippen LogP contribution in [-0.4, -0.2) is 5.33 Å². The van der Waals surface area contributed by atoms with E-state index in [9.17, 15) is 0 Å². The first-order valence-corrected chi connectivity index (χ1v) is 5.58. The van der Waals surface area contributed by atoms with Gasteiger partial charge in [-0.05, 0) is 30.6 Å². The molecule has 0 N–H and O–H groups in total. The second kappa shape index (κ2) is 2.84. The predicted molar refractivity (Wildman–Crippen MR) is 47.3 cm³/mol. The highest BCUT2D eigenvalue weighted by Crippen LogP contribution is 2.46. The standard InChI is InChI=1S/C9H15Br/c10-6-9-5-7-2-1-3-8(9)4-7/h7-9H,1-6H2. The average molecular weight is 203 g/mol. The second-order valence-corrected chi connectivity index (χ2v) is 4.59. The van der Waals surface area contributed by atoms with Gasteiger partial charge in [-0.15, -0.1) is 0 Å². The maximum atomic E-state index is 3.61. The summed E-state index contributed by atoms with van der Waals surface area (Å²) in [5, 5.41) is 1.26. The quantitative estimate of drug-likeness (QED) is 0.574. The zero-order valence-corrected chi connectivity index (χ0v) is 7.94. The molecule has 0 amide bonds. The molecule has 2 bridgehead atoms. The van der Waals surface area contributed by atoms with Crippen molar-refractivity contribution >= 4 is 15.9 Å². The van der Waals surface area contributed by atoms with Gasteiger partial charge < -0.3 is 0 Å². The van der Waals surface area contributed by atoms with Crippen molar-refractivity contribution in [1.82, 2.24) is 0 Å². The maximum Gasteiger partial charge on any atom is 0.00624 e. The van der Waals surface area contributed by atoms with Crippen molar-refractivity contribution in [2.75, 3.05) is 5.33 Å². The first kappa shape index (κ1) is 7.15. The van der Waals surface area contributed by atoms with Crippen LogP contribution in [0.15, 0.2) is 0 Å². The van der Waals surface area contributed by atoms with Gasteiger partial charge in [0, 0.05) is 5.33 Å². The van der Waals surface area contributed by atoms with Crippen molar-refractivity contribution in [2.45, 2.75) is 32.1 Å². The van der Waals surface area contributed by atoms with E-state index in [1.165, 1.54) is 31.0 Å². The van der Waals surface area contributed by atoms with E-state index in [0.29, 0.717) is 0 Å². The molecule has 0 aromatic heterocycles. The summed E-state index contributed by atoms with van der Waals surface area (Å²) in [7, 11) is 0. The zero-order valence-electron chi connectivity index (χ0n) is 6.35. The molecule has 0 saturated heterocycles. The predicted octanol–water partition coefficient (Wildman–Crippen LogP) is 3.21. The van der Waals surface area contributed by atoms with Gasteiger partial charge in [-0.3, -0.25) is 0 Å². The lowest BCUT2D eigenvalue weighted by molar-refractivity contribution is 0.337. The van der Waals surface area contributed by atoms with Gasteiger partial charge in [0.05, 0.1) is 0 Å². The van der Waals surface area contributed by atoms with E-state index in [2.05, 4.69) is 15.9 Å². The fraction of sp³-hybridized carbons (Fsp3) is 1.00. The summed E-state index contributed by atoms with van der Waals surface area (Å²) in [6, 6.07) is 0. The summed E-state index contributed by atoms with van der Waals surface area (Å²) < 4.78 is 0. The van der Waals surface area contributed by atoms with Crippen molar-refractivity contribution in [3.05, 3.63) is 0 Å². The lowest BCUT2D eigenvalue weighted by atomic mass is 9.88. The van der Waals surface area contributed by atoms with Crippen LogP contribution >= 0.6 is 15.9 Å². The first-order valence-electron chi connectivity index (χ1n) is 4.46. The van der Waals surface area contributed by atoms with Crippen LogP contribution in [0, 0.1) is 17.8 Å². The molecular weight excluding hydrogens is 188 g/mol. The van der Waals surface area contributed by atoms with E-state index in [0.717, 1.165) is 17.8 Å². The summed E-state index contributed by atoms with van der Waals surface area (Å²) in [4.78, 5) is 0. The third-order valence-electron chi connectivity index (χ3n) is 3.32. The van der Waals surface area contributed by atoms with E-state index in [1.807, 2.05) is 0 Å². The highest BCUT2D eigenvalue weighted by atomic mass is 79.9. The fourth-order valence-electron chi connectivity index (χ4n) is 2.78.